The average Bonchev–Trinajstić information content (AvgIpc) is 3.04. The number of carboxylic acids is 1. The maximum absolute atomic E-state index is 13.3. The highest BCUT2D eigenvalue weighted by atomic mass is 32.2. The van der Waals surface area contributed by atoms with Crippen molar-refractivity contribution in [2.75, 3.05) is 13.1 Å². The number of benzene rings is 1. The number of rotatable bonds is 4. The van der Waals surface area contributed by atoms with Crippen LogP contribution in [0.2, 0.25) is 0 Å². The van der Waals surface area contributed by atoms with Gasteiger partial charge in [-0.1, -0.05) is 31.0 Å². The quantitative estimate of drug-likeness (QED) is 0.905. The summed E-state index contributed by atoms with van der Waals surface area (Å²) in [4.78, 5) is 27.4. The topological polar surface area (TPSA) is 66.8 Å². The lowest BCUT2D eigenvalue weighted by Gasteiger charge is -2.40. The highest BCUT2D eigenvalue weighted by Crippen LogP contribution is 2.46. The zero-order valence-corrected chi connectivity index (χ0v) is 14.6. The number of carbonyl (C=O) groups excluding carboxylic acids is 1. The van der Waals surface area contributed by atoms with Gasteiger partial charge in [0, 0.05) is 11.4 Å². The molecular formula is C18H23NO4S. The van der Waals surface area contributed by atoms with E-state index in [2.05, 4.69) is 0 Å². The third-order valence-electron chi connectivity index (χ3n) is 4.68. The van der Waals surface area contributed by atoms with Gasteiger partial charge in [0.25, 0.3) is 0 Å². The van der Waals surface area contributed by atoms with Crippen LogP contribution in [0.4, 0.5) is 0 Å². The first kappa shape index (κ1) is 17.3. The molecule has 1 N–H and O–H groups in total. The highest BCUT2D eigenvalue weighted by Gasteiger charge is 2.46. The van der Waals surface area contributed by atoms with Crippen LogP contribution in [0.15, 0.2) is 35.2 Å². The summed E-state index contributed by atoms with van der Waals surface area (Å²) in [6.07, 6.45) is 2.56. The van der Waals surface area contributed by atoms with Gasteiger partial charge in [0.2, 0.25) is 5.91 Å². The molecular weight excluding hydrogens is 326 g/mol. The Bertz CT molecular complexity index is 600. The summed E-state index contributed by atoms with van der Waals surface area (Å²) in [5.41, 5.74) is 0. The van der Waals surface area contributed by atoms with Gasteiger partial charge in [0.1, 0.15) is 0 Å². The van der Waals surface area contributed by atoms with E-state index in [1.807, 2.05) is 37.3 Å². The summed E-state index contributed by atoms with van der Waals surface area (Å²) in [6.45, 7) is 2.41. The molecule has 2 fully saturated rings. The van der Waals surface area contributed by atoms with E-state index < -0.39 is 16.8 Å². The van der Waals surface area contributed by atoms with Crippen LogP contribution < -0.4 is 0 Å². The van der Waals surface area contributed by atoms with Crippen LogP contribution in [0.25, 0.3) is 0 Å². The van der Waals surface area contributed by atoms with Gasteiger partial charge < -0.3 is 14.7 Å². The lowest BCUT2D eigenvalue weighted by atomic mass is 10.0. The van der Waals surface area contributed by atoms with Crippen LogP contribution in [0.5, 0.6) is 0 Å². The summed E-state index contributed by atoms with van der Waals surface area (Å²) < 4.78 is 4.97. The number of thioether (sulfide) groups is 1. The van der Waals surface area contributed by atoms with E-state index in [0.717, 1.165) is 30.6 Å². The minimum absolute atomic E-state index is 0.0650. The van der Waals surface area contributed by atoms with Gasteiger partial charge in [-0.2, -0.15) is 0 Å². The predicted molar refractivity (Wildman–Crippen MR) is 92.0 cm³/mol. The van der Waals surface area contributed by atoms with E-state index >= 15 is 0 Å². The predicted octanol–water partition coefficient (Wildman–Crippen LogP) is 2.79. The molecule has 1 aliphatic carbocycles. The Morgan fingerprint density at radius 2 is 1.88 bits per heavy atom. The SMILES string of the molecule is C[C@@H]1CN(C(=O)C2(Sc3ccccc3)CCCC2)CC(C(=O)O)O1. The maximum Gasteiger partial charge on any atom is 0.334 e. The first-order valence-electron chi connectivity index (χ1n) is 8.42. The maximum atomic E-state index is 13.3. The molecule has 2 atom stereocenters. The fourth-order valence-electron chi connectivity index (χ4n) is 3.56. The summed E-state index contributed by atoms with van der Waals surface area (Å²) >= 11 is 1.63. The molecule has 1 unspecified atom stereocenters. The molecule has 1 amide bonds. The number of carbonyl (C=O) groups is 2. The van der Waals surface area contributed by atoms with Gasteiger partial charge in [-0.05, 0) is 31.9 Å². The van der Waals surface area contributed by atoms with Crippen molar-refractivity contribution in [3.63, 3.8) is 0 Å². The van der Waals surface area contributed by atoms with Crippen molar-refractivity contribution in [2.24, 2.45) is 0 Å². The molecule has 0 radical (unpaired) electrons. The van der Waals surface area contributed by atoms with Gasteiger partial charge >= 0.3 is 5.97 Å². The van der Waals surface area contributed by atoms with Crippen molar-refractivity contribution in [2.45, 2.75) is 54.5 Å². The number of ether oxygens (including phenoxy) is 1. The zero-order valence-electron chi connectivity index (χ0n) is 13.8. The molecule has 1 heterocycles. The molecule has 1 saturated heterocycles. The first-order valence-corrected chi connectivity index (χ1v) is 9.23. The fourth-order valence-corrected chi connectivity index (χ4v) is 5.02. The summed E-state index contributed by atoms with van der Waals surface area (Å²) in [7, 11) is 0. The van der Waals surface area contributed by atoms with E-state index in [0.29, 0.717) is 6.54 Å². The number of hydrogen-bond donors (Lipinski definition) is 1. The Morgan fingerprint density at radius 1 is 1.21 bits per heavy atom. The Hall–Kier alpha value is -1.53. The third kappa shape index (κ3) is 3.59. The van der Waals surface area contributed by atoms with Crippen molar-refractivity contribution in [3.05, 3.63) is 30.3 Å². The van der Waals surface area contributed by atoms with Crippen LogP contribution in [0, 0.1) is 0 Å². The summed E-state index contributed by atoms with van der Waals surface area (Å²) in [6, 6.07) is 9.98. The molecule has 2 aliphatic rings. The number of hydrogen-bond acceptors (Lipinski definition) is 4. The summed E-state index contributed by atoms with van der Waals surface area (Å²) in [5, 5.41) is 9.25. The molecule has 1 aromatic rings. The summed E-state index contributed by atoms with van der Waals surface area (Å²) in [5.74, 6) is -0.939. The molecule has 1 aliphatic heterocycles. The molecule has 0 spiro atoms. The largest absolute Gasteiger partial charge is 0.479 e. The molecule has 130 valence electrons. The standard InChI is InChI=1S/C18H23NO4S/c1-13-11-19(12-15(23-13)16(20)21)17(22)18(9-5-6-10-18)24-14-7-3-2-4-8-14/h2-4,7-8,13,15H,5-6,9-12H2,1H3,(H,20,21)/t13-,15?/m1/s1. The van der Waals surface area contributed by atoms with Crippen molar-refractivity contribution >= 4 is 23.6 Å². The van der Waals surface area contributed by atoms with E-state index in [1.54, 1.807) is 16.7 Å². The number of carboxylic acid groups (broad SMARTS) is 1. The Labute approximate surface area is 146 Å². The normalized spacial score (nSPS) is 26.3. The van der Waals surface area contributed by atoms with Crippen LogP contribution in [0.1, 0.15) is 32.6 Å². The molecule has 24 heavy (non-hydrogen) atoms. The first-order chi connectivity index (χ1) is 11.5. The monoisotopic (exact) mass is 349 g/mol. The second kappa shape index (κ2) is 7.15. The number of morpholine rings is 1. The van der Waals surface area contributed by atoms with Crippen molar-refractivity contribution in [3.8, 4) is 0 Å². The van der Waals surface area contributed by atoms with Crippen molar-refractivity contribution in [1.82, 2.24) is 4.90 Å². The average molecular weight is 349 g/mol. The van der Waals surface area contributed by atoms with E-state index in [4.69, 9.17) is 4.74 Å². The zero-order chi connectivity index (χ0) is 17.2. The lowest BCUT2D eigenvalue weighted by molar-refractivity contribution is -0.167. The van der Waals surface area contributed by atoms with Crippen LogP contribution >= 0.6 is 11.8 Å². The smallest absolute Gasteiger partial charge is 0.334 e. The van der Waals surface area contributed by atoms with E-state index in [9.17, 15) is 14.7 Å². The molecule has 5 nitrogen and oxygen atoms in total. The van der Waals surface area contributed by atoms with Gasteiger partial charge in [-0.3, -0.25) is 4.79 Å². The molecule has 1 saturated carbocycles. The Balaban J connectivity index is 1.80. The Kier molecular flexibility index (Phi) is 5.15. The molecule has 1 aromatic carbocycles. The molecule has 0 bridgehead atoms. The van der Waals surface area contributed by atoms with Crippen molar-refractivity contribution in [1.29, 1.82) is 0 Å². The van der Waals surface area contributed by atoms with Crippen LogP contribution in [0.3, 0.4) is 0 Å². The fraction of sp³-hybridized carbons (Fsp3) is 0.556. The lowest BCUT2D eigenvalue weighted by Crippen LogP contribution is -2.56. The second-order valence-electron chi connectivity index (χ2n) is 6.60. The van der Waals surface area contributed by atoms with Gasteiger partial charge in [0.15, 0.2) is 6.10 Å². The number of nitrogens with zero attached hydrogens (tertiary/aromatic N) is 1. The molecule has 6 heteroatoms. The number of amides is 1. The third-order valence-corrected chi connectivity index (χ3v) is 6.16. The van der Waals surface area contributed by atoms with Crippen LogP contribution in [-0.2, 0) is 14.3 Å². The van der Waals surface area contributed by atoms with Crippen LogP contribution in [-0.4, -0.2) is 51.9 Å². The van der Waals surface area contributed by atoms with Gasteiger partial charge in [0.05, 0.1) is 17.4 Å². The number of aliphatic carboxylic acids is 1. The molecule has 0 aromatic heterocycles. The van der Waals surface area contributed by atoms with E-state index in [1.165, 1.54) is 0 Å². The second-order valence-corrected chi connectivity index (χ2v) is 8.06. The highest BCUT2D eigenvalue weighted by molar-refractivity contribution is 8.01. The minimum atomic E-state index is -1.00. The van der Waals surface area contributed by atoms with Gasteiger partial charge in [-0.15, -0.1) is 11.8 Å². The van der Waals surface area contributed by atoms with Gasteiger partial charge in [-0.25, -0.2) is 4.79 Å². The van der Waals surface area contributed by atoms with Crippen molar-refractivity contribution < 1.29 is 19.4 Å². The van der Waals surface area contributed by atoms with E-state index in [-0.39, 0.29) is 18.6 Å². The Morgan fingerprint density at radius 3 is 2.50 bits per heavy atom. The molecule has 3 rings (SSSR count). The minimum Gasteiger partial charge on any atom is -0.479 e.